The lowest BCUT2D eigenvalue weighted by Crippen LogP contribution is -2.22. The maximum Gasteiger partial charge on any atom is 0.182 e. The molecule has 32 heavy (non-hydrogen) atoms. The van der Waals surface area contributed by atoms with Crippen LogP contribution in [0.1, 0.15) is 69.8 Å². The Kier molecular flexibility index (Phi) is 6.13. The van der Waals surface area contributed by atoms with Crippen molar-refractivity contribution in [1.82, 2.24) is 9.55 Å². The van der Waals surface area contributed by atoms with Crippen molar-refractivity contribution in [3.8, 4) is 6.07 Å². The van der Waals surface area contributed by atoms with Crippen LogP contribution in [0.15, 0.2) is 47.4 Å². The first-order chi connectivity index (χ1) is 15.2. The van der Waals surface area contributed by atoms with Crippen molar-refractivity contribution in [1.29, 1.82) is 5.26 Å². The van der Waals surface area contributed by atoms with E-state index in [0.717, 1.165) is 23.4 Å². The van der Waals surface area contributed by atoms with E-state index in [4.69, 9.17) is 10.2 Å². The van der Waals surface area contributed by atoms with Crippen LogP contribution in [0.4, 0.5) is 0 Å². The molecule has 1 aromatic heterocycles. The molecule has 3 aromatic rings. The highest BCUT2D eigenvalue weighted by Gasteiger charge is 2.26. The van der Waals surface area contributed by atoms with E-state index < -0.39 is 9.84 Å². The molecule has 0 spiro atoms. The van der Waals surface area contributed by atoms with Crippen molar-refractivity contribution in [3.63, 3.8) is 0 Å². The van der Waals surface area contributed by atoms with Gasteiger partial charge in [0.1, 0.15) is 5.82 Å². The normalized spacial score (nSPS) is 15.7. The van der Waals surface area contributed by atoms with Gasteiger partial charge in [-0.2, -0.15) is 5.26 Å². The van der Waals surface area contributed by atoms with Gasteiger partial charge in [0.2, 0.25) is 0 Å². The molecule has 0 amide bonds. The van der Waals surface area contributed by atoms with E-state index >= 15 is 0 Å². The Morgan fingerprint density at radius 3 is 2.38 bits per heavy atom. The molecule has 0 radical (unpaired) electrons. The maximum atomic E-state index is 13.1. The molecular weight excluding hydrogens is 418 g/mol. The number of benzene rings is 2. The van der Waals surface area contributed by atoms with Crippen LogP contribution in [0.2, 0.25) is 0 Å². The summed E-state index contributed by atoms with van der Waals surface area (Å²) in [5, 5.41) is 8.95. The smallest absolute Gasteiger partial charge is 0.182 e. The lowest BCUT2D eigenvalue weighted by molar-refractivity contribution is 0.313. The number of sulfone groups is 1. The number of aromatic nitrogens is 2. The van der Waals surface area contributed by atoms with Gasteiger partial charge in [-0.25, -0.2) is 13.4 Å². The molecule has 0 bridgehead atoms. The van der Waals surface area contributed by atoms with Crippen molar-refractivity contribution in [2.45, 2.75) is 75.5 Å². The van der Waals surface area contributed by atoms with Crippen LogP contribution in [-0.2, 0) is 27.5 Å². The minimum Gasteiger partial charge on any atom is -0.327 e. The van der Waals surface area contributed by atoms with Crippen molar-refractivity contribution >= 4 is 20.9 Å². The number of hydrogen-bond acceptors (Lipinski definition) is 4. The maximum absolute atomic E-state index is 13.1. The van der Waals surface area contributed by atoms with Crippen molar-refractivity contribution in [3.05, 3.63) is 59.4 Å². The number of hydrogen-bond donors (Lipinski definition) is 0. The molecule has 0 atom stereocenters. The van der Waals surface area contributed by atoms with Gasteiger partial charge in [-0.15, -0.1) is 0 Å². The highest BCUT2D eigenvalue weighted by Crippen LogP contribution is 2.32. The third-order valence-corrected chi connectivity index (χ3v) is 8.04. The summed E-state index contributed by atoms with van der Waals surface area (Å²) >= 11 is 0. The number of rotatable bonds is 5. The Morgan fingerprint density at radius 2 is 1.75 bits per heavy atom. The molecule has 1 aliphatic rings. The number of nitrogens with zero attached hydrogens (tertiary/aromatic N) is 3. The van der Waals surface area contributed by atoms with Crippen molar-refractivity contribution in [2.24, 2.45) is 5.92 Å². The zero-order valence-electron chi connectivity index (χ0n) is 19.1. The number of imidazole rings is 1. The van der Waals surface area contributed by atoms with Crippen LogP contribution in [0.3, 0.4) is 0 Å². The van der Waals surface area contributed by atoms with E-state index in [1.54, 1.807) is 36.4 Å². The standard InChI is InChI=1S/C26H31N3O2S/c1-26(2,3)25-28-23-15-22(32(30,31)18-21-11-9-19(16-27)10-12-21)13-14-24(23)29(25)17-20-7-5-4-6-8-20/h9-15,20H,4-8,17-18H2,1-3H3. The summed E-state index contributed by atoms with van der Waals surface area (Å²) in [7, 11) is -3.52. The van der Waals surface area contributed by atoms with Gasteiger partial charge in [-0.3, -0.25) is 0 Å². The third-order valence-electron chi connectivity index (χ3n) is 6.35. The van der Waals surface area contributed by atoms with Gasteiger partial charge < -0.3 is 4.57 Å². The summed E-state index contributed by atoms with van der Waals surface area (Å²) in [5.41, 5.74) is 2.81. The zero-order valence-corrected chi connectivity index (χ0v) is 20.0. The van der Waals surface area contributed by atoms with Gasteiger partial charge in [0.05, 0.1) is 33.3 Å². The number of fused-ring (bicyclic) bond motifs is 1. The molecular formula is C26H31N3O2S. The van der Waals surface area contributed by atoms with Crippen LogP contribution < -0.4 is 0 Å². The summed E-state index contributed by atoms with van der Waals surface area (Å²) in [4.78, 5) is 5.20. The first-order valence-corrected chi connectivity index (χ1v) is 13.1. The lowest BCUT2D eigenvalue weighted by atomic mass is 9.88. The van der Waals surface area contributed by atoms with Gasteiger partial charge >= 0.3 is 0 Å². The first-order valence-electron chi connectivity index (χ1n) is 11.4. The van der Waals surface area contributed by atoms with Crippen molar-refractivity contribution < 1.29 is 8.42 Å². The summed E-state index contributed by atoms with van der Waals surface area (Å²) < 4.78 is 28.5. The van der Waals surface area contributed by atoms with E-state index in [-0.39, 0.29) is 16.1 Å². The summed E-state index contributed by atoms with van der Waals surface area (Å²) in [6.07, 6.45) is 6.41. The summed E-state index contributed by atoms with van der Waals surface area (Å²) in [6.45, 7) is 7.43. The predicted octanol–water partition coefficient (Wildman–Crippen LogP) is 5.76. The average Bonchev–Trinajstić information content (AvgIpc) is 3.13. The molecule has 0 aliphatic heterocycles. The first kappa shape index (κ1) is 22.5. The third kappa shape index (κ3) is 4.73. The Labute approximate surface area is 191 Å². The van der Waals surface area contributed by atoms with Gasteiger partial charge in [0.25, 0.3) is 0 Å². The molecule has 0 unspecified atom stereocenters. The zero-order chi connectivity index (χ0) is 22.9. The van der Waals surface area contributed by atoms with Crippen molar-refractivity contribution in [2.75, 3.05) is 0 Å². The van der Waals surface area contributed by atoms with Gasteiger partial charge in [0, 0.05) is 12.0 Å². The second kappa shape index (κ2) is 8.71. The average molecular weight is 450 g/mol. The van der Waals surface area contributed by atoms with Gasteiger partial charge in [0.15, 0.2) is 9.84 Å². The predicted molar refractivity (Wildman–Crippen MR) is 127 cm³/mol. The molecule has 0 N–H and O–H groups in total. The Morgan fingerprint density at radius 1 is 1.06 bits per heavy atom. The molecule has 0 saturated heterocycles. The Balaban J connectivity index is 1.69. The fourth-order valence-corrected chi connectivity index (χ4v) is 6.03. The van der Waals surface area contributed by atoms with Crippen LogP contribution in [0.5, 0.6) is 0 Å². The van der Waals surface area contributed by atoms with Crippen LogP contribution in [-0.4, -0.2) is 18.0 Å². The van der Waals surface area contributed by atoms with E-state index in [0.29, 0.717) is 17.0 Å². The molecule has 6 heteroatoms. The topological polar surface area (TPSA) is 75.8 Å². The Hall–Kier alpha value is -2.65. The van der Waals surface area contributed by atoms with Gasteiger partial charge in [-0.05, 0) is 54.7 Å². The number of nitriles is 1. The fraction of sp³-hybridized carbons (Fsp3) is 0.462. The fourth-order valence-electron chi connectivity index (χ4n) is 4.67. The van der Waals surface area contributed by atoms with Gasteiger partial charge in [-0.1, -0.05) is 52.2 Å². The minimum atomic E-state index is -3.52. The summed E-state index contributed by atoms with van der Waals surface area (Å²) in [5.74, 6) is 1.57. The monoisotopic (exact) mass is 449 g/mol. The highest BCUT2D eigenvalue weighted by molar-refractivity contribution is 7.90. The second-order valence-electron chi connectivity index (χ2n) is 10.0. The van der Waals surface area contributed by atoms with Crippen LogP contribution >= 0.6 is 0 Å². The molecule has 1 saturated carbocycles. The van der Waals surface area contributed by atoms with Crippen LogP contribution in [0, 0.1) is 17.2 Å². The van der Waals surface area contributed by atoms with E-state index in [1.807, 2.05) is 6.07 Å². The second-order valence-corrected chi connectivity index (χ2v) is 12.0. The SMILES string of the molecule is CC(C)(C)c1nc2cc(S(=O)(=O)Cc3ccc(C#N)cc3)ccc2n1CC1CCCCC1. The lowest BCUT2D eigenvalue weighted by Gasteiger charge is -2.26. The molecule has 1 heterocycles. The van der Waals surface area contributed by atoms with E-state index in [1.165, 1.54) is 32.1 Å². The molecule has 168 valence electrons. The minimum absolute atomic E-state index is 0.0981. The molecule has 1 aliphatic carbocycles. The van der Waals surface area contributed by atoms with Crippen LogP contribution in [0.25, 0.3) is 11.0 Å². The molecule has 5 nitrogen and oxygen atoms in total. The summed E-state index contributed by atoms with van der Waals surface area (Å²) in [6, 6.07) is 14.1. The molecule has 1 fully saturated rings. The highest BCUT2D eigenvalue weighted by atomic mass is 32.2. The Bertz CT molecular complexity index is 1250. The van der Waals surface area contributed by atoms with E-state index in [2.05, 4.69) is 31.4 Å². The molecule has 2 aromatic carbocycles. The quantitative estimate of drug-likeness (QED) is 0.496. The largest absolute Gasteiger partial charge is 0.327 e. The molecule has 4 rings (SSSR count). The van der Waals surface area contributed by atoms with E-state index in [9.17, 15) is 8.42 Å².